The predicted molar refractivity (Wildman–Crippen MR) is 43.0 cm³/mol. The Balaban J connectivity index is 2.68. The van der Waals surface area contributed by atoms with Crippen molar-refractivity contribution in [3.63, 3.8) is 0 Å². The van der Waals surface area contributed by atoms with Crippen LogP contribution in [0, 0.1) is 6.92 Å². The lowest BCUT2D eigenvalue weighted by Crippen LogP contribution is -1.57. The Morgan fingerprint density at radius 3 is 2.92 bits per heavy atom. The first kappa shape index (κ1) is 5.94. The lowest BCUT2D eigenvalue weighted by Gasteiger charge is -1.75. The first-order chi connectivity index (χ1) is 5.86. The van der Waals surface area contributed by atoms with Crippen molar-refractivity contribution in [1.29, 1.82) is 0 Å². The molecule has 0 atom stereocenters. The summed E-state index contributed by atoms with van der Waals surface area (Å²) in [5.41, 5.74) is 3.92. The molecule has 0 N–H and O–H groups in total. The maximum Gasteiger partial charge on any atom is 0.215 e. The van der Waals surface area contributed by atoms with Crippen LogP contribution in [-0.2, 0) is 0 Å². The third kappa shape index (κ3) is 0.525. The Morgan fingerprint density at radius 2 is 2.00 bits per heavy atom. The first-order valence-electron chi connectivity index (χ1n) is 3.70. The number of hydrogen-bond acceptors (Lipinski definition) is 3. The van der Waals surface area contributed by atoms with Crippen molar-refractivity contribution in [2.24, 2.45) is 0 Å². The molecule has 0 unspecified atom stereocenters. The standard InChI is InChI=1S/C9H6O3/c1-5-4-11-9-7(5)12-6-2-3-10-8(6)9/h2-4H,1H3. The minimum atomic E-state index is 0.693. The van der Waals surface area contributed by atoms with Gasteiger partial charge in [-0.25, -0.2) is 0 Å². The van der Waals surface area contributed by atoms with Crippen LogP contribution in [0.25, 0.3) is 22.3 Å². The van der Waals surface area contributed by atoms with Gasteiger partial charge in [0.1, 0.15) is 0 Å². The predicted octanol–water partition coefficient (Wildman–Crippen LogP) is 3.08. The number of aryl methyl sites for hydroxylation is 1. The summed E-state index contributed by atoms with van der Waals surface area (Å²) in [5.74, 6) is 0. The second-order valence-electron chi connectivity index (χ2n) is 2.79. The molecule has 3 aromatic heterocycles. The molecular formula is C9H6O3. The highest BCUT2D eigenvalue weighted by molar-refractivity contribution is 5.98. The van der Waals surface area contributed by atoms with Gasteiger partial charge >= 0.3 is 0 Å². The second-order valence-corrected chi connectivity index (χ2v) is 2.79. The van der Waals surface area contributed by atoms with Gasteiger partial charge in [0.15, 0.2) is 11.2 Å². The molecule has 12 heavy (non-hydrogen) atoms. The summed E-state index contributed by atoms with van der Waals surface area (Å²) in [5, 5.41) is 0. The molecule has 0 aliphatic heterocycles. The van der Waals surface area contributed by atoms with E-state index in [1.54, 1.807) is 18.6 Å². The summed E-state index contributed by atoms with van der Waals surface area (Å²) in [4.78, 5) is 0. The molecular weight excluding hydrogens is 156 g/mol. The summed E-state index contributed by atoms with van der Waals surface area (Å²) < 4.78 is 15.9. The molecule has 0 saturated carbocycles. The molecule has 0 bridgehead atoms. The smallest absolute Gasteiger partial charge is 0.215 e. The fraction of sp³-hybridized carbons (Fsp3) is 0.111. The van der Waals surface area contributed by atoms with Crippen LogP contribution in [0.4, 0.5) is 0 Å². The highest BCUT2D eigenvalue weighted by atomic mass is 16.4. The highest BCUT2D eigenvalue weighted by Crippen LogP contribution is 2.32. The highest BCUT2D eigenvalue weighted by Gasteiger charge is 2.14. The van der Waals surface area contributed by atoms with Gasteiger partial charge in [0.2, 0.25) is 11.2 Å². The monoisotopic (exact) mass is 162 g/mol. The third-order valence-electron chi connectivity index (χ3n) is 1.97. The van der Waals surface area contributed by atoms with Gasteiger partial charge in [0.05, 0.1) is 12.5 Å². The van der Waals surface area contributed by atoms with Crippen LogP contribution in [0.1, 0.15) is 5.56 Å². The Kier molecular flexibility index (Phi) is 0.864. The fourth-order valence-corrected chi connectivity index (χ4v) is 1.37. The average Bonchev–Trinajstić information content (AvgIpc) is 2.63. The Bertz CT molecular complexity index is 538. The molecule has 0 saturated heterocycles. The van der Waals surface area contributed by atoms with E-state index in [2.05, 4.69) is 0 Å². The fourth-order valence-electron chi connectivity index (χ4n) is 1.37. The van der Waals surface area contributed by atoms with Crippen molar-refractivity contribution in [3.8, 4) is 0 Å². The maximum atomic E-state index is 5.48. The molecule has 3 nitrogen and oxygen atoms in total. The van der Waals surface area contributed by atoms with Crippen molar-refractivity contribution in [3.05, 3.63) is 24.2 Å². The van der Waals surface area contributed by atoms with E-state index in [0.717, 1.165) is 16.7 Å². The lowest BCUT2D eigenvalue weighted by molar-refractivity contribution is 0.582. The minimum absolute atomic E-state index is 0.693. The zero-order valence-electron chi connectivity index (χ0n) is 6.46. The molecule has 3 heteroatoms. The average molecular weight is 162 g/mol. The van der Waals surface area contributed by atoms with Crippen LogP contribution in [0.15, 0.2) is 31.8 Å². The van der Waals surface area contributed by atoms with Gasteiger partial charge in [0.25, 0.3) is 0 Å². The maximum absolute atomic E-state index is 5.48. The molecule has 60 valence electrons. The van der Waals surface area contributed by atoms with E-state index in [1.807, 2.05) is 6.92 Å². The second kappa shape index (κ2) is 1.75. The van der Waals surface area contributed by atoms with Gasteiger partial charge in [0, 0.05) is 11.6 Å². The Morgan fingerprint density at radius 1 is 1.08 bits per heavy atom. The van der Waals surface area contributed by atoms with E-state index in [9.17, 15) is 0 Å². The van der Waals surface area contributed by atoms with Crippen molar-refractivity contribution in [2.45, 2.75) is 6.92 Å². The van der Waals surface area contributed by atoms with Crippen molar-refractivity contribution >= 4 is 22.3 Å². The van der Waals surface area contributed by atoms with Crippen molar-refractivity contribution in [1.82, 2.24) is 0 Å². The van der Waals surface area contributed by atoms with Gasteiger partial charge in [-0.2, -0.15) is 0 Å². The quantitative estimate of drug-likeness (QED) is 0.509. The summed E-state index contributed by atoms with van der Waals surface area (Å²) in [6.07, 6.45) is 3.25. The molecule has 0 aliphatic rings. The Labute approximate surface area is 67.5 Å². The number of furan rings is 3. The van der Waals surface area contributed by atoms with E-state index in [0.29, 0.717) is 11.2 Å². The molecule has 0 spiro atoms. The number of rotatable bonds is 0. The van der Waals surface area contributed by atoms with Crippen LogP contribution in [0.2, 0.25) is 0 Å². The molecule has 0 amide bonds. The lowest BCUT2D eigenvalue weighted by atomic mass is 10.3. The first-order valence-corrected chi connectivity index (χ1v) is 3.70. The van der Waals surface area contributed by atoms with Gasteiger partial charge in [-0.3, -0.25) is 0 Å². The summed E-state index contributed by atoms with van der Waals surface area (Å²) in [7, 11) is 0. The van der Waals surface area contributed by atoms with Crippen LogP contribution in [0.5, 0.6) is 0 Å². The van der Waals surface area contributed by atoms with Gasteiger partial charge in [-0.1, -0.05) is 0 Å². The topological polar surface area (TPSA) is 39.4 Å². The molecule has 0 fully saturated rings. The Hall–Kier alpha value is -1.64. The number of hydrogen-bond donors (Lipinski definition) is 0. The van der Waals surface area contributed by atoms with E-state index in [4.69, 9.17) is 13.3 Å². The summed E-state index contributed by atoms with van der Waals surface area (Å²) in [6, 6.07) is 1.78. The summed E-state index contributed by atoms with van der Waals surface area (Å²) >= 11 is 0. The molecule has 0 aromatic carbocycles. The van der Waals surface area contributed by atoms with E-state index < -0.39 is 0 Å². The summed E-state index contributed by atoms with van der Waals surface area (Å²) in [6.45, 7) is 1.94. The normalized spacial score (nSPS) is 11.8. The molecule has 0 aliphatic carbocycles. The zero-order chi connectivity index (χ0) is 8.13. The van der Waals surface area contributed by atoms with Crippen molar-refractivity contribution in [2.75, 3.05) is 0 Å². The molecule has 3 aromatic rings. The number of fused-ring (bicyclic) bond motifs is 3. The largest absolute Gasteiger partial charge is 0.457 e. The molecule has 3 rings (SSSR count). The molecule has 0 radical (unpaired) electrons. The van der Waals surface area contributed by atoms with E-state index in [1.165, 1.54) is 0 Å². The minimum Gasteiger partial charge on any atom is -0.457 e. The molecule has 3 heterocycles. The van der Waals surface area contributed by atoms with Gasteiger partial charge in [-0.05, 0) is 6.92 Å². The van der Waals surface area contributed by atoms with Gasteiger partial charge < -0.3 is 13.3 Å². The van der Waals surface area contributed by atoms with Crippen LogP contribution in [0.3, 0.4) is 0 Å². The van der Waals surface area contributed by atoms with Crippen LogP contribution in [-0.4, -0.2) is 0 Å². The van der Waals surface area contributed by atoms with Crippen LogP contribution < -0.4 is 0 Å². The third-order valence-corrected chi connectivity index (χ3v) is 1.97. The van der Waals surface area contributed by atoms with Crippen molar-refractivity contribution < 1.29 is 13.3 Å². The van der Waals surface area contributed by atoms with E-state index in [-0.39, 0.29) is 0 Å². The van der Waals surface area contributed by atoms with E-state index >= 15 is 0 Å². The van der Waals surface area contributed by atoms with Gasteiger partial charge in [-0.15, -0.1) is 0 Å². The zero-order valence-corrected chi connectivity index (χ0v) is 6.46. The SMILES string of the molecule is Cc1coc2c1oc1ccoc12. The van der Waals surface area contributed by atoms with Crippen LogP contribution >= 0.6 is 0 Å².